The van der Waals surface area contributed by atoms with Gasteiger partial charge in [-0.05, 0) is 37.3 Å². The van der Waals surface area contributed by atoms with E-state index in [0.717, 1.165) is 11.2 Å². The van der Waals surface area contributed by atoms with E-state index in [2.05, 4.69) is 25.6 Å². The third kappa shape index (κ3) is 3.05. The van der Waals surface area contributed by atoms with Crippen LogP contribution in [-0.2, 0) is 0 Å². The highest BCUT2D eigenvalue weighted by atomic mass is 16.3. The Kier molecular flexibility index (Phi) is 3.94. The number of benzene rings is 2. The molecule has 26 heavy (non-hydrogen) atoms. The van der Waals surface area contributed by atoms with Crippen LogP contribution in [0.2, 0.25) is 0 Å². The average molecular weight is 348 g/mol. The van der Waals surface area contributed by atoms with Crippen LogP contribution < -0.4 is 5.32 Å². The lowest BCUT2D eigenvalue weighted by Gasteiger charge is -2.02. The van der Waals surface area contributed by atoms with E-state index >= 15 is 0 Å². The second-order valence-corrected chi connectivity index (χ2v) is 5.87. The van der Waals surface area contributed by atoms with Crippen LogP contribution in [-0.4, -0.2) is 36.0 Å². The maximum Gasteiger partial charge on any atom is 0.277 e. The van der Waals surface area contributed by atoms with Crippen LogP contribution in [0, 0.1) is 0 Å². The first-order chi connectivity index (χ1) is 12.6. The molecule has 3 N–H and O–H groups in total. The molecule has 0 saturated carbocycles. The average Bonchev–Trinajstić information content (AvgIpc) is 3.29. The summed E-state index contributed by atoms with van der Waals surface area (Å²) < 4.78 is 1.54. The van der Waals surface area contributed by atoms with E-state index in [1.165, 1.54) is 0 Å². The van der Waals surface area contributed by atoms with Crippen molar-refractivity contribution in [3.05, 3.63) is 66.2 Å². The summed E-state index contributed by atoms with van der Waals surface area (Å²) >= 11 is 0. The fraction of sp³-hybridized carbons (Fsp3) is 0.111. The van der Waals surface area contributed by atoms with Gasteiger partial charge < -0.3 is 15.4 Å². The van der Waals surface area contributed by atoms with Crippen molar-refractivity contribution in [3.8, 4) is 5.69 Å². The van der Waals surface area contributed by atoms with Crippen molar-refractivity contribution in [1.82, 2.24) is 25.0 Å². The fourth-order valence-corrected chi connectivity index (χ4v) is 2.57. The Labute approximate surface area is 148 Å². The van der Waals surface area contributed by atoms with Crippen molar-refractivity contribution >= 4 is 22.6 Å². The first-order valence-electron chi connectivity index (χ1n) is 8.07. The minimum atomic E-state index is -0.687. The van der Waals surface area contributed by atoms with Gasteiger partial charge in [-0.25, -0.2) is 9.67 Å². The van der Waals surface area contributed by atoms with Gasteiger partial charge >= 0.3 is 0 Å². The highest BCUT2D eigenvalue weighted by Gasteiger charge is 2.13. The maximum absolute atomic E-state index is 12.4. The Morgan fingerprint density at radius 1 is 1.23 bits per heavy atom. The van der Waals surface area contributed by atoms with Crippen LogP contribution in [0.3, 0.4) is 0 Å². The zero-order chi connectivity index (χ0) is 18.1. The number of aromatic nitrogens is 5. The highest BCUT2D eigenvalue weighted by molar-refractivity contribution is 6.03. The molecule has 2 aromatic heterocycles. The van der Waals surface area contributed by atoms with Crippen LogP contribution in [0.1, 0.15) is 29.3 Å². The zero-order valence-electron chi connectivity index (χ0n) is 13.9. The molecule has 0 saturated heterocycles. The van der Waals surface area contributed by atoms with Gasteiger partial charge in [0.05, 0.1) is 22.9 Å². The van der Waals surface area contributed by atoms with Crippen LogP contribution in [0.5, 0.6) is 0 Å². The topological polar surface area (TPSA) is 109 Å². The number of nitrogens with one attached hydrogen (secondary N) is 2. The predicted molar refractivity (Wildman–Crippen MR) is 96.0 cm³/mol. The van der Waals surface area contributed by atoms with Crippen molar-refractivity contribution in [2.24, 2.45) is 0 Å². The number of hydrogen-bond donors (Lipinski definition) is 3. The minimum Gasteiger partial charge on any atom is -0.385 e. The van der Waals surface area contributed by atoms with E-state index in [1.54, 1.807) is 36.0 Å². The Morgan fingerprint density at radius 2 is 2.04 bits per heavy atom. The van der Waals surface area contributed by atoms with Crippen molar-refractivity contribution in [3.63, 3.8) is 0 Å². The number of aromatic amines is 1. The standard InChI is InChI=1S/C18H16N6O2/c1-11(25)17-20-14-8-7-12(9-15(14)21-17)19-18(26)16-10-24(23-22-16)13-5-3-2-4-6-13/h2-11,25H,1H3,(H,19,26)(H,20,21). The SMILES string of the molecule is CC(O)c1nc2ccc(NC(=O)c3cn(-c4ccccc4)nn3)cc2[nH]1. The molecular weight excluding hydrogens is 332 g/mol. The van der Waals surface area contributed by atoms with Crippen molar-refractivity contribution < 1.29 is 9.90 Å². The predicted octanol–water partition coefficient (Wildman–Crippen LogP) is 2.45. The number of carbonyl (C=O) groups excluding carboxylic acids is 1. The summed E-state index contributed by atoms with van der Waals surface area (Å²) in [4.78, 5) is 19.7. The number of rotatable bonds is 4. The zero-order valence-corrected chi connectivity index (χ0v) is 13.9. The van der Waals surface area contributed by atoms with Gasteiger partial charge in [-0.15, -0.1) is 5.10 Å². The minimum absolute atomic E-state index is 0.211. The Morgan fingerprint density at radius 3 is 2.81 bits per heavy atom. The molecule has 4 rings (SSSR count). The number of carbonyl (C=O) groups is 1. The number of fused-ring (bicyclic) bond motifs is 1. The molecule has 0 spiro atoms. The number of hydrogen-bond acceptors (Lipinski definition) is 5. The van der Waals surface area contributed by atoms with E-state index in [1.807, 2.05) is 30.3 Å². The quantitative estimate of drug-likeness (QED) is 0.525. The summed E-state index contributed by atoms with van der Waals surface area (Å²) in [5.74, 6) is 0.121. The lowest BCUT2D eigenvalue weighted by molar-refractivity contribution is 0.102. The smallest absolute Gasteiger partial charge is 0.277 e. The lowest BCUT2D eigenvalue weighted by atomic mass is 10.2. The van der Waals surface area contributed by atoms with E-state index in [4.69, 9.17) is 0 Å². The van der Waals surface area contributed by atoms with E-state index in [9.17, 15) is 9.90 Å². The second kappa shape index (κ2) is 6.41. The van der Waals surface area contributed by atoms with Crippen LogP contribution >= 0.6 is 0 Å². The largest absolute Gasteiger partial charge is 0.385 e. The van der Waals surface area contributed by atoms with E-state index < -0.39 is 6.10 Å². The van der Waals surface area contributed by atoms with Crippen molar-refractivity contribution in [2.45, 2.75) is 13.0 Å². The molecule has 130 valence electrons. The maximum atomic E-state index is 12.4. The van der Waals surface area contributed by atoms with Gasteiger partial charge in [-0.3, -0.25) is 4.79 Å². The summed E-state index contributed by atoms with van der Waals surface area (Å²) in [5.41, 5.74) is 3.07. The first-order valence-corrected chi connectivity index (χ1v) is 8.07. The normalized spacial score (nSPS) is 12.2. The van der Waals surface area contributed by atoms with Gasteiger partial charge in [-0.2, -0.15) is 0 Å². The summed E-state index contributed by atoms with van der Waals surface area (Å²) in [5, 5.41) is 20.3. The molecule has 0 radical (unpaired) electrons. The molecule has 0 fully saturated rings. The van der Waals surface area contributed by atoms with Crippen LogP contribution in [0.15, 0.2) is 54.7 Å². The molecule has 0 bridgehead atoms. The molecule has 0 aliphatic rings. The van der Waals surface area contributed by atoms with Crippen LogP contribution in [0.4, 0.5) is 5.69 Å². The van der Waals surface area contributed by atoms with Gasteiger partial charge in [0, 0.05) is 5.69 Å². The third-order valence-corrected chi connectivity index (χ3v) is 3.90. The molecular formula is C18H16N6O2. The first kappa shape index (κ1) is 16.0. The molecule has 1 amide bonds. The summed E-state index contributed by atoms with van der Waals surface area (Å²) in [6.07, 6.45) is 0.888. The number of anilines is 1. The van der Waals surface area contributed by atoms with Gasteiger partial charge in [0.2, 0.25) is 0 Å². The Hall–Kier alpha value is -3.52. The molecule has 2 aromatic carbocycles. The molecule has 8 heteroatoms. The highest BCUT2D eigenvalue weighted by Crippen LogP contribution is 2.20. The van der Waals surface area contributed by atoms with Gasteiger partial charge in [0.1, 0.15) is 11.9 Å². The number of amides is 1. The number of aliphatic hydroxyl groups is 1. The van der Waals surface area contributed by atoms with E-state index in [-0.39, 0.29) is 11.6 Å². The third-order valence-electron chi connectivity index (χ3n) is 3.90. The van der Waals surface area contributed by atoms with Gasteiger partial charge in [-0.1, -0.05) is 23.4 Å². The molecule has 2 heterocycles. The number of nitrogens with zero attached hydrogens (tertiary/aromatic N) is 4. The fourth-order valence-electron chi connectivity index (χ4n) is 2.57. The van der Waals surface area contributed by atoms with Crippen molar-refractivity contribution in [2.75, 3.05) is 5.32 Å². The number of imidazole rings is 1. The second-order valence-electron chi connectivity index (χ2n) is 5.87. The Balaban J connectivity index is 1.54. The van der Waals surface area contributed by atoms with Crippen molar-refractivity contribution in [1.29, 1.82) is 0 Å². The summed E-state index contributed by atoms with van der Waals surface area (Å²) in [6, 6.07) is 14.7. The monoisotopic (exact) mass is 348 g/mol. The van der Waals surface area contributed by atoms with Gasteiger partial charge in [0.15, 0.2) is 5.69 Å². The number of aliphatic hydroxyl groups excluding tert-OH is 1. The summed E-state index contributed by atoms with van der Waals surface area (Å²) in [7, 11) is 0. The number of H-pyrrole nitrogens is 1. The molecule has 1 atom stereocenters. The molecule has 8 nitrogen and oxygen atoms in total. The Bertz CT molecular complexity index is 1070. The molecule has 1 unspecified atom stereocenters. The van der Waals surface area contributed by atoms with Gasteiger partial charge in [0.25, 0.3) is 5.91 Å². The number of para-hydroxylation sites is 1. The lowest BCUT2D eigenvalue weighted by Crippen LogP contribution is -2.12. The summed E-state index contributed by atoms with van der Waals surface area (Å²) in [6.45, 7) is 1.64. The molecule has 0 aliphatic carbocycles. The molecule has 0 aliphatic heterocycles. The van der Waals surface area contributed by atoms with Crippen LogP contribution in [0.25, 0.3) is 16.7 Å². The van der Waals surface area contributed by atoms with E-state index in [0.29, 0.717) is 17.0 Å². The molecule has 4 aromatic rings.